The summed E-state index contributed by atoms with van der Waals surface area (Å²) in [6.45, 7) is 4.19. The third-order valence-corrected chi connectivity index (χ3v) is 4.36. The summed E-state index contributed by atoms with van der Waals surface area (Å²) >= 11 is 0. The summed E-state index contributed by atoms with van der Waals surface area (Å²) in [5.74, 6) is 0.848. The van der Waals surface area contributed by atoms with E-state index in [4.69, 9.17) is 10.5 Å². The molecule has 1 aliphatic rings. The lowest BCUT2D eigenvalue weighted by atomic mass is 10.2. The van der Waals surface area contributed by atoms with Gasteiger partial charge in [0.05, 0.1) is 0 Å². The van der Waals surface area contributed by atoms with Gasteiger partial charge in [-0.05, 0) is 49.7 Å². The van der Waals surface area contributed by atoms with Crippen molar-refractivity contribution in [1.82, 2.24) is 4.90 Å². The quantitative estimate of drug-likeness (QED) is 0.559. The first-order chi connectivity index (χ1) is 12.1. The van der Waals surface area contributed by atoms with E-state index in [1.165, 1.54) is 31.5 Å². The highest BCUT2D eigenvalue weighted by Crippen LogP contribution is 2.17. The Balaban J connectivity index is 1.41. The lowest BCUT2D eigenvalue weighted by Crippen LogP contribution is -2.37. The minimum absolute atomic E-state index is 0.0180. The Hall–Kier alpha value is -2.60. The normalized spacial score (nSPS) is 15.2. The molecule has 2 aromatic rings. The van der Waals surface area contributed by atoms with Crippen molar-refractivity contribution in [3.63, 3.8) is 0 Å². The van der Waals surface area contributed by atoms with Crippen molar-refractivity contribution in [2.24, 2.45) is 0 Å². The molecule has 0 aliphatic carbocycles. The zero-order valence-electron chi connectivity index (χ0n) is 14.2. The van der Waals surface area contributed by atoms with Gasteiger partial charge < -0.3 is 15.8 Å². The first kappa shape index (κ1) is 17.2. The molecular formula is C19H23N3O3. The van der Waals surface area contributed by atoms with Gasteiger partial charge in [-0.15, -0.1) is 0 Å². The smallest absolute Gasteiger partial charge is 0.253 e. The minimum atomic E-state index is -0.608. The molecule has 25 heavy (non-hydrogen) atoms. The number of ether oxygens (including phenoxy) is 1. The summed E-state index contributed by atoms with van der Waals surface area (Å²) in [6.07, 6.45) is 6.28. The minimum Gasteiger partial charge on any atom is -0.490 e. The molecule has 0 saturated carbocycles. The maximum Gasteiger partial charge on any atom is 0.253 e. The van der Waals surface area contributed by atoms with E-state index in [2.05, 4.69) is 22.3 Å². The van der Waals surface area contributed by atoms with E-state index < -0.39 is 10.9 Å². The Morgan fingerprint density at radius 3 is 2.72 bits per heavy atom. The van der Waals surface area contributed by atoms with Crippen LogP contribution in [0, 0.1) is 0 Å². The summed E-state index contributed by atoms with van der Waals surface area (Å²) in [5.41, 5.74) is 5.78. The summed E-state index contributed by atoms with van der Waals surface area (Å²) in [6, 6.07) is 8.17. The van der Waals surface area contributed by atoms with Gasteiger partial charge in [-0.3, -0.25) is 14.5 Å². The van der Waals surface area contributed by atoms with Crippen molar-refractivity contribution >= 4 is 11.4 Å². The number of nitrogens with two attached hydrogens (primary N) is 1. The van der Waals surface area contributed by atoms with Crippen LogP contribution in [-0.2, 0) is 6.54 Å². The second kappa shape index (κ2) is 7.98. The van der Waals surface area contributed by atoms with Gasteiger partial charge in [-0.2, -0.15) is 0 Å². The number of rotatable bonds is 8. The predicted octanol–water partition coefficient (Wildman–Crippen LogP) is 1.51. The Morgan fingerprint density at radius 2 is 1.96 bits per heavy atom. The average Bonchev–Trinajstić information content (AvgIpc) is 3.13. The van der Waals surface area contributed by atoms with E-state index in [0.29, 0.717) is 13.2 Å². The van der Waals surface area contributed by atoms with Gasteiger partial charge >= 0.3 is 0 Å². The fourth-order valence-electron chi connectivity index (χ4n) is 2.97. The third kappa shape index (κ3) is 4.28. The number of nitrogens with zero attached hydrogens (tertiary/aromatic N) is 1. The highest BCUT2D eigenvalue weighted by molar-refractivity contribution is 5.71. The average molecular weight is 341 g/mol. The lowest BCUT2D eigenvalue weighted by Gasteiger charge is -2.15. The molecule has 3 rings (SSSR count). The van der Waals surface area contributed by atoms with Crippen LogP contribution in [0.15, 0.2) is 46.0 Å². The van der Waals surface area contributed by atoms with Crippen LogP contribution >= 0.6 is 0 Å². The number of hydrogen-bond acceptors (Lipinski definition) is 6. The number of likely N-dealkylation sites (tertiary alicyclic amines) is 1. The molecule has 6 heteroatoms. The fourth-order valence-corrected chi connectivity index (χ4v) is 2.97. The van der Waals surface area contributed by atoms with E-state index in [0.717, 1.165) is 12.3 Å². The van der Waals surface area contributed by atoms with Crippen LogP contribution in [0.4, 0.5) is 11.4 Å². The molecule has 0 amide bonds. The summed E-state index contributed by atoms with van der Waals surface area (Å²) in [7, 11) is 0. The summed E-state index contributed by atoms with van der Waals surface area (Å²) < 4.78 is 5.73. The predicted molar refractivity (Wildman–Crippen MR) is 99.8 cm³/mol. The van der Waals surface area contributed by atoms with Crippen LogP contribution in [0.3, 0.4) is 0 Å². The molecule has 1 saturated heterocycles. The Labute approximate surface area is 146 Å². The fraction of sp³-hybridized carbons (Fsp3) is 0.368. The lowest BCUT2D eigenvalue weighted by molar-refractivity contribution is 0.328. The maximum absolute atomic E-state index is 11.2. The van der Waals surface area contributed by atoms with E-state index in [1.54, 1.807) is 0 Å². The highest BCUT2D eigenvalue weighted by atomic mass is 16.5. The number of anilines is 2. The topological polar surface area (TPSA) is 84.7 Å². The van der Waals surface area contributed by atoms with Crippen LogP contribution in [0.5, 0.6) is 5.75 Å². The van der Waals surface area contributed by atoms with Crippen LogP contribution in [0.25, 0.3) is 0 Å². The van der Waals surface area contributed by atoms with Gasteiger partial charge in [0.15, 0.2) is 0 Å². The molecule has 0 atom stereocenters. The molecule has 132 valence electrons. The zero-order chi connectivity index (χ0) is 17.6. The maximum atomic E-state index is 11.2. The monoisotopic (exact) mass is 341 g/mol. The van der Waals surface area contributed by atoms with E-state index >= 15 is 0 Å². The van der Waals surface area contributed by atoms with Crippen LogP contribution in [0.2, 0.25) is 0 Å². The number of benzene rings is 1. The van der Waals surface area contributed by atoms with Crippen LogP contribution in [0.1, 0.15) is 18.4 Å². The molecule has 3 N–H and O–H groups in total. The van der Waals surface area contributed by atoms with Crippen molar-refractivity contribution in [3.8, 4) is 5.75 Å². The molecule has 0 aromatic heterocycles. The van der Waals surface area contributed by atoms with Crippen molar-refractivity contribution < 1.29 is 4.74 Å². The third-order valence-electron chi connectivity index (χ3n) is 4.36. The van der Waals surface area contributed by atoms with Gasteiger partial charge in [-0.25, -0.2) is 0 Å². The van der Waals surface area contributed by atoms with Crippen molar-refractivity contribution in [1.29, 1.82) is 0 Å². The second-order valence-corrected chi connectivity index (χ2v) is 6.24. The Kier molecular flexibility index (Phi) is 5.50. The molecule has 1 fully saturated rings. The molecule has 1 heterocycles. The second-order valence-electron chi connectivity index (χ2n) is 6.24. The molecule has 0 bridgehead atoms. The van der Waals surface area contributed by atoms with Gasteiger partial charge in [0.25, 0.3) is 10.9 Å². The number of nitrogens with one attached hydrogen (secondary N) is 1. The zero-order valence-corrected chi connectivity index (χ0v) is 14.2. The standard InChI is InChI=1S/C19H23N3O3/c20-16-17(19(24)18(16)23)21-8-1-4-11-25-15-7-5-6-14(12-15)13-22-9-2-3-10-22/h1,4-7,12,21H,2-3,8-11,13,20H2. The molecule has 0 unspecified atom stereocenters. The first-order valence-electron chi connectivity index (χ1n) is 8.57. The summed E-state index contributed by atoms with van der Waals surface area (Å²) in [5, 5.41) is 2.83. The molecule has 6 nitrogen and oxygen atoms in total. The van der Waals surface area contributed by atoms with Crippen LogP contribution < -0.4 is 26.6 Å². The molecule has 2 aromatic carbocycles. The van der Waals surface area contributed by atoms with Gasteiger partial charge in [0.2, 0.25) is 0 Å². The largest absolute Gasteiger partial charge is 0.490 e. The van der Waals surface area contributed by atoms with Crippen LogP contribution in [-0.4, -0.2) is 31.1 Å². The van der Waals surface area contributed by atoms with Crippen molar-refractivity contribution in [2.45, 2.75) is 19.4 Å². The summed E-state index contributed by atoms with van der Waals surface area (Å²) in [4.78, 5) is 24.7. The van der Waals surface area contributed by atoms with Gasteiger partial charge in [0.1, 0.15) is 23.7 Å². The highest BCUT2D eigenvalue weighted by Gasteiger charge is 2.16. The van der Waals surface area contributed by atoms with Gasteiger partial charge in [0, 0.05) is 13.1 Å². The Morgan fingerprint density at radius 1 is 1.16 bits per heavy atom. The molecule has 1 aliphatic heterocycles. The molecule has 0 spiro atoms. The molecule has 0 radical (unpaired) electrons. The first-order valence-corrected chi connectivity index (χ1v) is 8.57. The van der Waals surface area contributed by atoms with Crippen molar-refractivity contribution in [3.05, 3.63) is 62.4 Å². The molecular weight excluding hydrogens is 318 g/mol. The van der Waals surface area contributed by atoms with E-state index in [1.807, 2.05) is 24.3 Å². The van der Waals surface area contributed by atoms with Gasteiger partial charge in [-0.1, -0.05) is 18.2 Å². The van der Waals surface area contributed by atoms with E-state index in [-0.39, 0.29) is 11.4 Å². The SMILES string of the molecule is Nc1c(NCC=CCOc2cccc(CN3CCCC3)c2)c(=O)c1=O. The Bertz CT molecular complexity index is 816. The number of hydrogen-bond donors (Lipinski definition) is 2. The van der Waals surface area contributed by atoms with E-state index in [9.17, 15) is 9.59 Å². The number of nitrogen functional groups attached to an aromatic ring is 1. The van der Waals surface area contributed by atoms with Crippen molar-refractivity contribution in [2.75, 3.05) is 37.3 Å².